The van der Waals surface area contributed by atoms with Crippen molar-refractivity contribution < 1.29 is 10.4 Å². The highest BCUT2D eigenvalue weighted by molar-refractivity contribution is 6.00. The summed E-state index contributed by atoms with van der Waals surface area (Å²) in [6, 6.07) is 16.1. The molecule has 2 aromatic carbocycles. The lowest BCUT2D eigenvalue weighted by Crippen LogP contribution is -2.21. The van der Waals surface area contributed by atoms with Gasteiger partial charge in [-0.15, -0.1) is 0 Å². The van der Waals surface area contributed by atoms with Crippen LogP contribution in [0.5, 0.6) is 0 Å². The zero-order chi connectivity index (χ0) is 14.4. The minimum Gasteiger partial charge on any atom is -0.411 e. The van der Waals surface area contributed by atoms with E-state index >= 15 is 0 Å². The molecule has 0 radical (unpaired) electrons. The van der Waals surface area contributed by atoms with Crippen molar-refractivity contribution in [1.29, 1.82) is 0 Å². The number of nitrogens with one attached hydrogen (secondary N) is 1. The molecule has 2 rings (SSSR count). The first kappa shape index (κ1) is 14.0. The number of hydroxylamine groups is 1. The summed E-state index contributed by atoms with van der Waals surface area (Å²) >= 11 is 0. The average Bonchev–Trinajstić information content (AvgIpc) is 2.51. The molecule has 0 aliphatic rings. The first-order chi connectivity index (χ1) is 9.74. The van der Waals surface area contributed by atoms with Crippen LogP contribution >= 0.6 is 0 Å². The fourth-order valence-electron chi connectivity index (χ4n) is 2.01. The van der Waals surface area contributed by atoms with Crippen LogP contribution in [0.3, 0.4) is 0 Å². The number of hydrogen-bond donors (Lipinski definition) is 4. The molecule has 0 unspecified atom stereocenters. The zero-order valence-electron chi connectivity index (χ0n) is 10.9. The Morgan fingerprint density at radius 2 is 1.75 bits per heavy atom. The summed E-state index contributed by atoms with van der Waals surface area (Å²) in [6.45, 7) is 0. The Morgan fingerprint density at radius 1 is 1.10 bits per heavy atom. The van der Waals surface area contributed by atoms with Crippen molar-refractivity contribution in [2.24, 2.45) is 5.16 Å². The summed E-state index contributed by atoms with van der Waals surface area (Å²) in [5.41, 5.74) is 10.7. The van der Waals surface area contributed by atoms with Gasteiger partial charge in [-0.05, 0) is 23.3 Å². The van der Waals surface area contributed by atoms with E-state index in [2.05, 4.69) is 10.6 Å². The third-order valence-electron chi connectivity index (χ3n) is 3.12. The third-order valence-corrected chi connectivity index (χ3v) is 3.12. The molecule has 0 aromatic heterocycles. The highest BCUT2D eigenvalue weighted by Gasteiger charge is 2.15. The predicted octanol–water partition coefficient (Wildman–Crippen LogP) is 2.56. The van der Waals surface area contributed by atoms with Crippen molar-refractivity contribution in [3.63, 3.8) is 0 Å². The summed E-state index contributed by atoms with van der Waals surface area (Å²) in [5.74, 6) is 0. The second-order valence-corrected chi connectivity index (χ2v) is 4.47. The topological polar surface area (TPSA) is 90.9 Å². The van der Waals surface area contributed by atoms with Crippen LogP contribution in [0, 0.1) is 0 Å². The van der Waals surface area contributed by atoms with Gasteiger partial charge >= 0.3 is 0 Å². The molecule has 0 amide bonds. The van der Waals surface area contributed by atoms with Crippen molar-refractivity contribution >= 4 is 11.4 Å². The van der Waals surface area contributed by atoms with E-state index in [0.717, 1.165) is 11.1 Å². The van der Waals surface area contributed by atoms with Crippen molar-refractivity contribution in [3.05, 3.63) is 65.7 Å². The Bertz CT molecular complexity index is 567. The van der Waals surface area contributed by atoms with Gasteiger partial charge in [0.05, 0.1) is 11.8 Å². The minimum absolute atomic E-state index is 0.348. The van der Waals surface area contributed by atoms with Gasteiger partial charge in [0.1, 0.15) is 0 Å². The molecule has 2 aromatic rings. The normalized spacial score (nSPS) is 13.2. The van der Waals surface area contributed by atoms with Crippen molar-refractivity contribution in [1.82, 2.24) is 5.48 Å². The lowest BCUT2D eigenvalue weighted by Gasteiger charge is -2.16. The number of anilines is 1. The van der Waals surface area contributed by atoms with Crippen LogP contribution in [0.1, 0.15) is 23.6 Å². The molecule has 1 atom stereocenters. The Balaban J connectivity index is 2.19. The van der Waals surface area contributed by atoms with E-state index in [1.165, 1.54) is 0 Å². The summed E-state index contributed by atoms with van der Waals surface area (Å²) in [4.78, 5) is 0. The molecule has 0 saturated carbocycles. The van der Waals surface area contributed by atoms with Crippen LogP contribution in [0.25, 0.3) is 0 Å². The summed E-state index contributed by atoms with van der Waals surface area (Å²) in [5, 5.41) is 21.8. The number of nitrogens with zero attached hydrogens (tertiary/aromatic N) is 1. The van der Waals surface area contributed by atoms with Gasteiger partial charge in [0.2, 0.25) is 0 Å². The molecule has 0 aliphatic heterocycles. The van der Waals surface area contributed by atoms with Crippen molar-refractivity contribution in [3.8, 4) is 0 Å². The average molecular weight is 271 g/mol. The van der Waals surface area contributed by atoms with E-state index in [0.29, 0.717) is 17.8 Å². The number of benzene rings is 2. The maximum Gasteiger partial charge on any atom is 0.0887 e. The molecule has 5 N–H and O–H groups in total. The molecule has 20 heavy (non-hydrogen) atoms. The highest BCUT2D eigenvalue weighted by Crippen LogP contribution is 2.20. The van der Waals surface area contributed by atoms with E-state index in [-0.39, 0.29) is 6.04 Å². The molecule has 0 heterocycles. The van der Waals surface area contributed by atoms with E-state index in [1.54, 1.807) is 12.1 Å². The highest BCUT2D eigenvalue weighted by atomic mass is 16.5. The molecule has 104 valence electrons. The number of nitrogen functional groups attached to an aromatic ring is 1. The molecule has 0 fully saturated rings. The molecule has 5 heteroatoms. The van der Waals surface area contributed by atoms with E-state index in [1.807, 2.05) is 42.5 Å². The Hall–Kier alpha value is -2.37. The smallest absolute Gasteiger partial charge is 0.0887 e. The van der Waals surface area contributed by atoms with Gasteiger partial charge in [-0.2, -0.15) is 5.48 Å². The Kier molecular flexibility index (Phi) is 4.70. The van der Waals surface area contributed by atoms with Gasteiger partial charge in [-0.25, -0.2) is 0 Å². The summed E-state index contributed by atoms with van der Waals surface area (Å²) < 4.78 is 0. The van der Waals surface area contributed by atoms with Gasteiger partial charge in [0.25, 0.3) is 0 Å². The van der Waals surface area contributed by atoms with Gasteiger partial charge in [-0.3, -0.25) is 0 Å². The third kappa shape index (κ3) is 3.34. The number of rotatable bonds is 5. The van der Waals surface area contributed by atoms with Gasteiger partial charge in [0.15, 0.2) is 0 Å². The first-order valence-corrected chi connectivity index (χ1v) is 6.26. The van der Waals surface area contributed by atoms with E-state index < -0.39 is 0 Å². The SMILES string of the molecule is Nc1ccc([C@H](CC(=NO)c2ccccc2)NO)cc1. The monoisotopic (exact) mass is 271 g/mol. The molecule has 0 bridgehead atoms. The number of oxime groups is 1. The van der Waals surface area contributed by atoms with Crippen molar-refractivity contribution in [2.75, 3.05) is 5.73 Å². The zero-order valence-corrected chi connectivity index (χ0v) is 10.9. The maximum atomic E-state index is 9.32. The van der Waals surface area contributed by atoms with E-state index in [4.69, 9.17) is 5.73 Å². The van der Waals surface area contributed by atoms with E-state index in [9.17, 15) is 10.4 Å². The van der Waals surface area contributed by atoms with Crippen LogP contribution in [0.4, 0.5) is 5.69 Å². The van der Waals surface area contributed by atoms with Crippen LogP contribution in [-0.4, -0.2) is 16.1 Å². The molecule has 5 nitrogen and oxygen atoms in total. The second kappa shape index (κ2) is 6.70. The number of hydrogen-bond acceptors (Lipinski definition) is 5. The molecule has 0 spiro atoms. The first-order valence-electron chi connectivity index (χ1n) is 6.26. The molecule has 0 saturated heterocycles. The summed E-state index contributed by atoms with van der Waals surface area (Å²) in [6.07, 6.45) is 0.348. The second-order valence-electron chi connectivity index (χ2n) is 4.47. The van der Waals surface area contributed by atoms with Crippen LogP contribution in [-0.2, 0) is 0 Å². The van der Waals surface area contributed by atoms with Gasteiger partial charge in [-0.1, -0.05) is 47.6 Å². The number of nitrogens with two attached hydrogens (primary N) is 1. The van der Waals surface area contributed by atoms with Crippen LogP contribution < -0.4 is 11.2 Å². The quantitative estimate of drug-likeness (QED) is 0.291. The largest absolute Gasteiger partial charge is 0.411 e. The predicted molar refractivity (Wildman–Crippen MR) is 77.9 cm³/mol. The van der Waals surface area contributed by atoms with Crippen LogP contribution in [0.15, 0.2) is 59.8 Å². The van der Waals surface area contributed by atoms with Crippen molar-refractivity contribution in [2.45, 2.75) is 12.5 Å². The van der Waals surface area contributed by atoms with Gasteiger partial charge in [0, 0.05) is 12.1 Å². The Labute approximate surface area is 117 Å². The van der Waals surface area contributed by atoms with Gasteiger partial charge < -0.3 is 16.1 Å². The Morgan fingerprint density at radius 3 is 2.30 bits per heavy atom. The standard InChI is InChI=1S/C15H17N3O2/c16-13-8-6-12(7-9-13)15(18-20)10-14(17-19)11-4-2-1-3-5-11/h1-9,15,18-20H,10,16H2/t15-/m0/s1. The maximum absolute atomic E-state index is 9.32. The molecular formula is C15H17N3O2. The lowest BCUT2D eigenvalue weighted by molar-refractivity contribution is 0.128. The molecular weight excluding hydrogens is 254 g/mol. The molecule has 0 aliphatic carbocycles. The minimum atomic E-state index is -0.373. The lowest BCUT2D eigenvalue weighted by atomic mass is 9.98. The fourth-order valence-corrected chi connectivity index (χ4v) is 2.01. The van der Waals surface area contributed by atoms with Crippen LogP contribution in [0.2, 0.25) is 0 Å². The fraction of sp³-hybridized carbons (Fsp3) is 0.133. The summed E-state index contributed by atoms with van der Waals surface area (Å²) in [7, 11) is 0.